The molecule has 1 aromatic carbocycles. The van der Waals surface area contributed by atoms with Crippen LogP contribution in [0.1, 0.15) is 24.9 Å². The molecule has 2 aromatic rings. The van der Waals surface area contributed by atoms with Gasteiger partial charge in [0, 0.05) is 43.2 Å². The molecule has 1 aliphatic rings. The van der Waals surface area contributed by atoms with Gasteiger partial charge in [-0.3, -0.25) is 15.0 Å². The topological polar surface area (TPSA) is 64.2 Å². The monoisotopic (exact) mass is 318 g/mol. The van der Waals surface area contributed by atoms with Gasteiger partial charge in [-0.05, 0) is 31.0 Å². The number of halogens is 1. The van der Waals surface area contributed by atoms with Crippen molar-refractivity contribution in [3.8, 4) is 0 Å². The number of nitro groups is 1. The van der Waals surface area contributed by atoms with Crippen molar-refractivity contribution >= 4 is 5.69 Å². The molecule has 0 unspecified atom stereocenters. The number of rotatable bonds is 4. The lowest BCUT2D eigenvalue weighted by atomic mass is 9.93. The standard InChI is InChI=1S/C16H19FN4O2/c1-12-4-6-19(10-16(12)20-7-5-18-11-20)9-13-8-14(17)2-3-15(13)21(22)23/h2-3,5,7-8,11-12,16H,4,6,9-10H2,1H3/t12-,16+/m0/s1. The van der Waals surface area contributed by atoms with Crippen LogP contribution in [-0.2, 0) is 6.54 Å². The Labute approximate surface area is 133 Å². The minimum absolute atomic E-state index is 0.0239. The van der Waals surface area contributed by atoms with Crippen molar-refractivity contribution in [2.24, 2.45) is 5.92 Å². The molecule has 23 heavy (non-hydrogen) atoms. The van der Waals surface area contributed by atoms with E-state index in [1.807, 2.05) is 6.20 Å². The van der Waals surface area contributed by atoms with Gasteiger partial charge in [-0.2, -0.15) is 0 Å². The lowest BCUT2D eigenvalue weighted by Gasteiger charge is -2.37. The van der Waals surface area contributed by atoms with Crippen molar-refractivity contribution in [3.63, 3.8) is 0 Å². The van der Waals surface area contributed by atoms with E-state index in [9.17, 15) is 14.5 Å². The minimum atomic E-state index is -0.450. The SMILES string of the molecule is C[C@H]1CCN(Cc2cc(F)ccc2[N+](=O)[O-])C[C@H]1n1ccnc1. The van der Waals surface area contributed by atoms with Crippen LogP contribution in [0.25, 0.3) is 0 Å². The minimum Gasteiger partial charge on any atom is -0.333 e. The normalized spacial score (nSPS) is 22.2. The second kappa shape index (κ2) is 6.45. The summed E-state index contributed by atoms with van der Waals surface area (Å²) in [5, 5.41) is 11.1. The molecule has 1 saturated heterocycles. The average Bonchev–Trinajstić information content (AvgIpc) is 3.03. The second-order valence-corrected chi connectivity index (χ2v) is 6.11. The van der Waals surface area contributed by atoms with E-state index in [1.165, 1.54) is 12.1 Å². The Morgan fingerprint density at radius 1 is 1.48 bits per heavy atom. The summed E-state index contributed by atoms with van der Waals surface area (Å²) in [6.45, 7) is 4.20. The number of hydrogen-bond donors (Lipinski definition) is 0. The molecular weight excluding hydrogens is 299 g/mol. The molecule has 2 heterocycles. The van der Waals surface area contributed by atoms with Crippen LogP contribution in [0.15, 0.2) is 36.9 Å². The molecule has 7 heteroatoms. The third-order valence-electron chi connectivity index (χ3n) is 4.54. The van der Waals surface area contributed by atoms with E-state index >= 15 is 0 Å². The van der Waals surface area contributed by atoms with Gasteiger partial charge < -0.3 is 4.57 Å². The molecule has 2 atom stereocenters. The molecule has 1 aliphatic heterocycles. The first-order chi connectivity index (χ1) is 11.0. The first kappa shape index (κ1) is 15.6. The predicted molar refractivity (Wildman–Crippen MR) is 83.4 cm³/mol. The van der Waals surface area contributed by atoms with Gasteiger partial charge in [0.05, 0.1) is 11.3 Å². The van der Waals surface area contributed by atoms with Crippen LogP contribution in [0.5, 0.6) is 0 Å². The van der Waals surface area contributed by atoms with Gasteiger partial charge in [-0.25, -0.2) is 9.37 Å². The van der Waals surface area contributed by atoms with Crippen LogP contribution in [0.3, 0.4) is 0 Å². The lowest BCUT2D eigenvalue weighted by molar-refractivity contribution is -0.385. The zero-order valence-corrected chi connectivity index (χ0v) is 12.9. The maximum Gasteiger partial charge on any atom is 0.274 e. The summed E-state index contributed by atoms with van der Waals surface area (Å²) in [5.74, 6) is 0.0603. The van der Waals surface area contributed by atoms with Crippen LogP contribution < -0.4 is 0 Å². The fraction of sp³-hybridized carbons (Fsp3) is 0.438. The van der Waals surface area contributed by atoms with Crippen molar-refractivity contribution in [1.82, 2.24) is 14.5 Å². The summed E-state index contributed by atoms with van der Waals surface area (Å²) >= 11 is 0. The highest BCUT2D eigenvalue weighted by atomic mass is 19.1. The molecule has 0 N–H and O–H groups in total. The Balaban J connectivity index is 1.78. The number of hydrogen-bond acceptors (Lipinski definition) is 4. The highest BCUT2D eigenvalue weighted by Crippen LogP contribution is 2.30. The highest BCUT2D eigenvalue weighted by molar-refractivity contribution is 5.40. The zero-order chi connectivity index (χ0) is 16.4. The molecule has 0 aliphatic carbocycles. The second-order valence-electron chi connectivity index (χ2n) is 6.11. The molecule has 0 radical (unpaired) electrons. The van der Waals surface area contributed by atoms with Gasteiger partial charge in [-0.15, -0.1) is 0 Å². The summed E-state index contributed by atoms with van der Waals surface area (Å²) in [6, 6.07) is 3.92. The molecule has 3 rings (SSSR count). The Bertz CT molecular complexity index is 689. The Kier molecular flexibility index (Phi) is 4.38. The van der Waals surface area contributed by atoms with E-state index in [0.717, 1.165) is 25.6 Å². The summed E-state index contributed by atoms with van der Waals surface area (Å²) in [6.07, 6.45) is 6.49. The summed E-state index contributed by atoms with van der Waals surface area (Å²) < 4.78 is 15.6. The Morgan fingerprint density at radius 2 is 2.30 bits per heavy atom. The van der Waals surface area contributed by atoms with Crippen LogP contribution in [0, 0.1) is 21.8 Å². The molecule has 1 aromatic heterocycles. The average molecular weight is 318 g/mol. The van der Waals surface area contributed by atoms with Crippen molar-refractivity contribution in [2.75, 3.05) is 13.1 Å². The summed E-state index contributed by atoms with van der Waals surface area (Å²) in [5.41, 5.74) is 0.401. The third kappa shape index (κ3) is 3.39. The van der Waals surface area contributed by atoms with Crippen molar-refractivity contribution in [3.05, 3.63) is 58.4 Å². The largest absolute Gasteiger partial charge is 0.333 e. The number of likely N-dealkylation sites (tertiary alicyclic amines) is 1. The predicted octanol–water partition coefficient (Wildman–Crippen LogP) is 3.01. The number of nitro benzene ring substituents is 1. The number of aromatic nitrogens is 2. The van der Waals surface area contributed by atoms with Gasteiger partial charge in [0.15, 0.2) is 0 Å². The molecule has 0 saturated carbocycles. The van der Waals surface area contributed by atoms with Gasteiger partial charge in [0.1, 0.15) is 5.82 Å². The summed E-state index contributed by atoms with van der Waals surface area (Å²) in [4.78, 5) is 16.9. The zero-order valence-electron chi connectivity index (χ0n) is 12.9. The van der Waals surface area contributed by atoms with Crippen LogP contribution >= 0.6 is 0 Å². The number of nitrogens with zero attached hydrogens (tertiary/aromatic N) is 4. The lowest BCUT2D eigenvalue weighted by Crippen LogP contribution is -2.40. The third-order valence-corrected chi connectivity index (χ3v) is 4.54. The Hall–Kier alpha value is -2.28. The maximum atomic E-state index is 13.5. The van der Waals surface area contributed by atoms with Crippen molar-refractivity contribution < 1.29 is 9.31 Å². The summed E-state index contributed by atoms with van der Waals surface area (Å²) in [7, 11) is 0. The van der Waals surface area contributed by atoms with Gasteiger partial charge in [0.25, 0.3) is 5.69 Å². The van der Waals surface area contributed by atoms with E-state index in [-0.39, 0.29) is 11.7 Å². The molecule has 1 fully saturated rings. The number of benzene rings is 1. The molecule has 0 bridgehead atoms. The van der Waals surface area contributed by atoms with E-state index in [1.54, 1.807) is 12.5 Å². The smallest absolute Gasteiger partial charge is 0.274 e. The van der Waals surface area contributed by atoms with Crippen LogP contribution in [0.2, 0.25) is 0 Å². The quantitative estimate of drug-likeness (QED) is 0.642. The highest BCUT2D eigenvalue weighted by Gasteiger charge is 2.28. The van der Waals surface area contributed by atoms with Crippen molar-refractivity contribution in [2.45, 2.75) is 25.9 Å². The van der Waals surface area contributed by atoms with Gasteiger partial charge in [0.2, 0.25) is 0 Å². The molecule has 0 amide bonds. The first-order valence-corrected chi connectivity index (χ1v) is 7.67. The fourth-order valence-electron chi connectivity index (χ4n) is 3.21. The first-order valence-electron chi connectivity index (χ1n) is 7.67. The van der Waals surface area contributed by atoms with Gasteiger partial charge >= 0.3 is 0 Å². The molecule has 122 valence electrons. The molecule has 6 nitrogen and oxygen atoms in total. The number of imidazole rings is 1. The van der Waals surface area contributed by atoms with E-state index in [4.69, 9.17) is 0 Å². The van der Waals surface area contributed by atoms with Crippen molar-refractivity contribution in [1.29, 1.82) is 0 Å². The number of piperidine rings is 1. The fourth-order valence-corrected chi connectivity index (χ4v) is 3.21. The van der Waals surface area contributed by atoms with Crippen LogP contribution in [0.4, 0.5) is 10.1 Å². The molecule has 0 spiro atoms. The Morgan fingerprint density at radius 3 is 3.00 bits per heavy atom. The van der Waals surface area contributed by atoms with Crippen LogP contribution in [-0.4, -0.2) is 32.5 Å². The van der Waals surface area contributed by atoms with E-state index < -0.39 is 10.7 Å². The molecular formula is C16H19FN4O2. The van der Waals surface area contributed by atoms with E-state index in [0.29, 0.717) is 18.0 Å². The van der Waals surface area contributed by atoms with E-state index in [2.05, 4.69) is 21.4 Å². The maximum absolute atomic E-state index is 13.5. The van der Waals surface area contributed by atoms with Gasteiger partial charge in [-0.1, -0.05) is 6.92 Å².